The van der Waals surface area contributed by atoms with Gasteiger partial charge in [-0.2, -0.15) is 5.26 Å². The summed E-state index contributed by atoms with van der Waals surface area (Å²) >= 11 is 6.38. The normalized spacial score (nSPS) is 26.5. The SMILES string of the molecule is Cc1ccc(-c2cn(C3C(O)C(CO)OC(C(=O)N(c4cc(Cl)cc(C#N)c4)[C@H]4CCCC[C@@H]4O)C3OCC(=O)N3CCOCC3)nn2)c(F)c1F. The van der Waals surface area contributed by atoms with Crippen LogP contribution in [0.2, 0.25) is 5.02 Å². The Morgan fingerprint density at radius 3 is 2.60 bits per heavy atom. The number of nitriles is 1. The number of halogens is 3. The molecule has 17 heteroatoms. The number of benzene rings is 2. The molecule has 0 bridgehead atoms. The number of hydrogen-bond acceptors (Lipinski definition) is 11. The number of amides is 2. The van der Waals surface area contributed by atoms with E-state index in [1.54, 1.807) is 0 Å². The monoisotopic (exact) mass is 744 g/mol. The minimum atomic E-state index is -1.65. The lowest BCUT2D eigenvalue weighted by molar-refractivity contribution is -0.217. The van der Waals surface area contributed by atoms with Gasteiger partial charge in [0.05, 0.1) is 49.8 Å². The molecule has 0 radical (unpaired) electrons. The summed E-state index contributed by atoms with van der Waals surface area (Å²) in [5.41, 5.74) is 0.101. The Bertz CT molecular complexity index is 1820. The minimum absolute atomic E-state index is 0.0771. The molecule has 3 aromatic rings. The number of ether oxygens (including phenoxy) is 3. The van der Waals surface area contributed by atoms with E-state index in [2.05, 4.69) is 10.3 Å². The second kappa shape index (κ2) is 16.3. The molecule has 2 saturated heterocycles. The van der Waals surface area contributed by atoms with Crippen LogP contribution in [0.25, 0.3) is 11.3 Å². The van der Waals surface area contributed by atoms with Crippen LogP contribution in [0.4, 0.5) is 14.5 Å². The zero-order valence-electron chi connectivity index (χ0n) is 28.3. The van der Waals surface area contributed by atoms with E-state index in [-0.39, 0.29) is 33.1 Å². The van der Waals surface area contributed by atoms with Gasteiger partial charge in [-0.05, 0) is 49.6 Å². The first kappa shape index (κ1) is 37.7. The second-order valence-electron chi connectivity index (χ2n) is 13.1. The van der Waals surface area contributed by atoms with Gasteiger partial charge < -0.3 is 39.3 Å². The molecule has 1 aliphatic carbocycles. The first-order chi connectivity index (χ1) is 25.0. The van der Waals surface area contributed by atoms with Gasteiger partial charge in [-0.1, -0.05) is 35.7 Å². The van der Waals surface area contributed by atoms with E-state index in [0.29, 0.717) is 45.6 Å². The molecule has 2 aromatic carbocycles. The van der Waals surface area contributed by atoms with Crippen molar-refractivity contribution in [2.45, 2.75) is 75.2 Å². The van der Waals surface area contributed by atoms with Crippen molar-refractivity contribution in [2.24, 2.45) is 0 Å². The smallest absolute Gasteiger partial charge is 0.259 e. The Morgan fingerprint density at radius 2 is 1.88 bits per heavy atom. The van der Waals surface area contributed by atoms with Gasteiger partial charge in [-0.15, -0.1) is 5.10 Å². The highest BCUT2D eigenvalue weighted by Crippen LogP contribution is 2.38. The molecule has 3 N–H and O–H groups in total. The number of morpholine rings is 1. The maximum atomic E-state index is 15.0. The second-order valence-corrected chi connectivity index (χ2v) is 13.5. The van der Waals surface area contributed by atoms with E-state index in [1.807, 2.05) is 6.07 Å². The Balaban J connectivity index is 1.43. The number of carbonyl (C=O) groups excluding carboxylic acids is 2. The van der Waals surface area contributed by atoms with Crippen molar-refractivity contribution in [1.29, 1.82) is 5.26 Å². The molecule has 3 fully saturated rings. The molecule has 14 nitrogen and oxygen atoms in total. The maximum absolute atomic E-state index is 15.0. The predicted octanol–water partition coefficient (Wildman–Crippen LogP) is 2.30. The number of carbonyl (C=O) groups is 2. The van der Waals surface area contributed by atoms with E-state index in [1.165, 1.54) is 53.3 Å². The lowest BCUT2D eigenvalue weighted by atomic mass is 9.88. The van der Waals surface area contributed by atoms with Gasteiger partial charge in [0, 0.05) is 29.4 Å². The minimum Gasteiger partial charge on any atom is -0.394 e. The number of nitrogens with zero attached hydrogens (tertiary/aromatic N) is 6. The number of aliphatic hydroxyl groups is 3. The third kappa shape index (κ3) is 7.67. The molecule has 1 saturated carbocycles. The molecule has 2 amide bonds. The van der Waals surface area contributed by atoms with Gasteiger partial charge in [-0.3, -0.25) is 9.59 Å². The summed E-state index contributed by atoms with van der Waals surface area (Å²) in [6.07, 6.45) is -3.73. The fraction of sp³-hybridized carbons (Fsp3) is 0.514. The van der Waals surface area contributed by atoms with Crippen LogP contribution in [-0.2, 0) is 23.8 Å². The third-order valence-electron chi connectivity index (χ3n) is 9.79. The van der Waals surface area contributed by atoms with Crippen LogP contribution < -0.4 is 4.90 Å². The molecule has 278 valence electrons. The van der Waals surface area contributed by atoms with Crippen LogP contribution in [0.3, 0.4) is 0 Å². The van der Waals surface area contributed by atoms with Crippen molar-refractivity contribution in [3.05, 3.63) is 64.3 Å². The summed E-state index contributed by atoms with van der Waals surface area (Å²) in [6, 6.07) is 6.89. The summed E-state index contributed by atoms with van der Waals surface area (Å²) in [4.78, 5) is 31.1. The number of anilines is 1. The molecular formula is C35H39ClF2N6O8. The van der Waals surface area contributed by atoms with Crippen molar-refractivity contribution >= 4 is 29.1 Å². The first-order valence-corrected chi connectivity index (χ1v) is 17.4. The van der Waals surface area contributed by atoms with Gasteiger partial charge in [0.1, 0.15) is 36.7 Å². The average Bonchev–Trinajstić information content (AvgIpc) is 3.63. The van der Waals surface area contributed by atoms with E-state index in [0.717, 1.165) is 11.1 Å². The number of aliphatic hydroxyl groups excluding tert-OH is 3. The van der Waals surface area contributed by atoms with E-state index in [9.17, 15) is 34.6 Å². The number of aryl methyl sites for hydroxylation is 1. The highest BCUT2D eigenvalue weighted by atomic mass is 35.5. The largest absolute Gasteiger partial charge is 0.394 e. The summed E-state index contributed by atoms with van der Waals surface area (Å²) in [5.74, 6) is -3.44. The van der Waals surface area contributed by atoms with Crippen molar-refractivity contribution in [3.63, 3.8) is 0 Å². The average molecular weight is 745 g/mol. The maximum Gasteiger partial charge on any atom is 0.259 e. The zero-order chi connectivity index (χ0) is 37.1. The van der Waals surface area contributed by atoms with Crippen LogP contribution in [0.5, 0.6) is 0 Å². The lowest BCUT2D eigenvalue weighted by Crippen LogP contribution is -2.63. The van der Waals surface area contributed by atoms with Crippen LogP contribution in [0.15, 0.2) is 36.5 Å². The predicted molar refractivity (Wildman–Crippen MR) is 180 cm³/mol. The standard InChI is InChI=1S/C35H39ClF2N6O8/c1-19-6-7-23(30(38)29(19)37)24-16-43(41-40-24)31-32(48)27(17-45)52-34(33(31)51-18-28(47)42-8-10-50-11-9-42)35(49)44(25-4-2-3-5-26(25)46)22-13-20(15-39)12-21(36)14-22/h6-7,12-14,16,25-27,31-34,45-46,48H,2-5,8-11,17-18H2,1H3/t25-,26-,27?,31?,32?,33?,34?/m0/s1. The van der Waals surface area contributed by atoms with Crippen LogP contribution in [0.1, 0.15) is 42.9 Å². The summed E-state index contributed by atoms with van der Waals surface area (Å²) in [6.45, 7) is 1.33. The summed E-state index contributed by atoms with van der Waals surface area (Å²) in [7, 11) is 0. The molecule has 0 spiro atoms. The van der Waals surface area contributed by atoms with Crippen LogP contribution in [-0.4, -0.2) is 123 Å². The first-order valence-electron chi connectivity index (χ1n) is 17.0. The Kier molecular flexibility index (Phi) is 11.8. The molecule has 7 atom stereocenters. The van der Waals surface area contributed by atoms with Gasteiger partial charge >= 0.3 is 0 Å². The van der Waals surface area contributed by atoms with E-state index in [4.69, 9.17) is 25.8 Å². The number of aromatic nitrogens is 3. The van der Waals surface area contributed by atoms with Gasteiger partial charge in [-0.25, -0.2) is 13.5 Å². The lowest BCUT2D eigenvalue weighted by Gasteiger charge is -2.46. The van der Waals surface area contributed by atoms with Crippen molar-refractivity contribution in [1.82, 2.24) is 19.9 Å². The summed E-state index contributed by atoms with van der Waals surface area (Å²) < 4.78 is 48.3. The van der Waals surface area contributed by atoms with Crippen LogP contribution in [0, 0.1) is 29.9 Å². The fourth-order valence-electron chi connectivity index (χ4n) is 7.03. The van der Waals surface area contributed by atoms with Gasteiger partial charge in [0.2, 0.25) is 5.91 Å². The molecular weight excluding hydrogens is 706 g/mol. The molecule has 52 heavy (non-hydrogen) atoms. The Morgan fingerprint density at radius 1 is 1.13 bits per heavy atom. The molecule has 1 aromatic heterocycles. The van der Waals surface area contributed by atoms with Crippen molar-refractivity contribution < 1.29 is 47.9 Å². The van der Waals surface area contributed by atoms with Gasteiger partial charge in [0.25, 0.3) is 5.91 Å². The quantitative estimate of drug-likeness (QED) is 0.292. The van der Waals surface area contributed by atoms with Crippen LogP contribution >= 0.6 is 11.6 Å². The fourth-order valence-corrected chi connectivity index (χ4v) is 7.26. The van der Waals surface area contributed by atoms with Crippen molar-refractivity contribution in [3.8, 4) is 17.3 Å². The molecule has 6 rings (SSSR count). The molecule has 5 unspecified atom stereocenters. The third-order valence-corrected chi connectivity index (χ3v) is 10.0. The van der Waals surface area contributed by atoms with Gasteiger partial charge in [0.15, 0.2) is 17.7 Å². The molecule has 3 heterocycles. The molecule has 3 aliphatic rings. The molecule has 2 aliphatic heterocycles. The Labute approximate surface area is 303 Å². The van der Waals surface area contributed by atoms with Crippen molar-refractivity contribution in [2.75, 3.05) is 44.4 Å². The number of hydrogen-bond donors (Lipinski definition) is 3. The van der Waals surface area contributed by atoms with E-state index >= 15 is 4.39 Å². The topological polar surface area (TPSA) is 184 Å². The van der Waals surface area contributed by atoms with E-state index < -0.39 is 79.3 Å². The number of rotatable bonds is 9. The zero-order valence-corrected chi connectivity index (χ0v) is 29.0. The highest BCUT2D eigenvalue weighted by Gasteiger charge is 2.52. The summed E-state index contributed by atoms with van der Waals surface area (Å²) in [5, 5.41) is 51.2. The highest BCUT2D eigenvalue weighted by molar-refractivity contribution is 6.31. The Hall–Kier alpha value is -4.08.